The van der Waals surface area contributed by atoms with Gasteiger partial charge in [-0.1, -0.05) is 31.3 Å². The number of carboxylic acid groups (broad SMARTS) is 1. The van der Waals surface area contributed by atoms with Gasteiger partial charge in [0.15, 0.2) is 17.1 Å². The number of carboxylic acids is 1. The highest BCUT2D eigenvalue weighted by molar-refractivity contribution is 5.81. The number of aromatic nitrogens is 2. The van der Waals surface area contributed by atoms with Crippen molar-refractivity contribution in [3.05, 3.63) is 41.2 Å². The topological polar surface area (TPSA) is 98.6 Å². The Hall–Kier alpha value is -2.83. The van der Waals surface area contributed by atoms with Crippen molar-refractivity contribution in [2.75, 3.05) is 0 Å². The Morgan fingerprint density at radius 2 is 1.91 bits per heavy atom. The first-order valence-corrected chi connectivity index (χ1v) is 11.7. The van der Waals surface area contributed by atoms with E-state index < -0.39 is 11.6 Å². The first-order chi connectivity index (χ1) is 15.4. The number of nitrogens with zero attached hydrogens (tertiary/aromatic N) is 2. The van der Waals surface area contributed by atoms with Crippen LogP contribution in [0.15, 0.2) is 27.1 Å². The summed E-state index contributed by atoms with van der Waals surface area (Å²) in [6.07, 6.45) is 9.52. The van der Waals surface area contributed by atoms with Crippen LogP contribution in [-0.4, -0.2) is 26.8 Å². The van der Waals surface area contributed by atoms with Gasteiger partial charge in [-0.05, 0) is 58.1 Å². The van der Waals surface area contributed by atoms with E-state index in [0.29, 0.717) is 23.7 Å². The van der Waals surface area contributed by atoms with E-state index in [1.165, 1.54) is 46.0 Å². The summed E-state index contributed by atoms with van der Waals surface area (Å²) in [7, 11) is 0. The Morgan fingerprint density at radius 1 is 1.16 bits per heavy atom. The summed E-state index contributed by atoms with van der Waals surface area (Å²) in [6, 6.07) is 5.32. The zero-order valence-corrected chi connectivity index (χ0v) is 19.1. The van der Waals surface area contributed by atoms with Gasteiger partial charge in [0, 0.05) is 23.8 Å². The lowest BCUT2D eigenvalue weighted by molar-refractivity contribution is -0.152. The highest BCUT2D eigenvalue weighted by Crippen LogP contribution is 2.34. The standard InChI is InChI=1S/C25H32N2O5/c1-4-8-21-20(26-23(30-21)16-9-6-5-7-10-16)14-13-19-18-12-11-17(15-22(18)32-27-19)31-25(2,3)24(28)29/h11-12,15-16H,4-10,13-14H2,1-3H3,(H,28,29). The minimum atomic E-state index is -1.32. The normalized spacial score (nSPS) is 15.3. The first kappa shape index (κ1) is 22.4. The second-order valence-corrected chi connectivity index (χ2v) is 9.21. The minimum absolute atomic E-state index is 0.437. The van der Waals surface area contributed by atoms with Crippen LogP contribution in [0, 0.1) is 0 Å². The van der Waals surface area contributed by atoms with Crippen molar-refractivity contribution in [1.29, 1.82) is 0 Å². The van der Waals surface area contributed by atoms with E-state index in [0.717, 1.165) is 47.7 Å². The van der Waals surface area contributed by atoms with E-state index in [-0.39, 0.29) is 0 Å². The fraction of sp³-hybridized carbons (Fsp3) is 0.560. The molecule has 4 rings (SSSR count). The molecule has 0 atom stereocenters. The maximum Gasteiger partial charge on any atom is 0.347 e. The number of ether oxygens (including phenoxy) is 1. The summed E-state index contributed by atoms with van der Waals surface area (Å²) in [5.74, 6) is 1.78. The molecule has 1 aliphatic rings. The van der Waals surface area contributed by atoms with E-state index in [1.54, 1.807) is 12.1 Å². The van der Waals surface area contributed by atoms with Crippen LogP contribution >= 0.6 is 0 Å². The molecule has 7 heteroatoms. The fourth-order valence-electron chi connectivity index (χ4n) is 4.33. The molecule has 1 fully saturated rings. The van der Waals surface area contributed by atoms with E-state index in [9.17, 15) is 9.90 Å². The Morgan fingerprint density at radius 3 is 2.62 bits per heavy atom. The monoisotopic (exact) mass is 440 g/mol. The van der Waals surface area contributed by atoms with Gasteiger partial charge in [0.1, 0.15) is 11.5 Å². The molecule has 0 aliphatic heterocycles. The summed E-state index contributed by atoms with van der Waals surface area (Å²) >= 11 is 0. The minimum Gasteiger partial charge on any atom is -0.478 e. The van der Waals surface area contributed by atoms with Gasteiger partial charge in [0.25, 0.3) is 0 Å². The lowest BCUT2D eigenvalue weighted by atomic mass is 9.89. The summed E-state index contributed by atoms with van der Waals surface area (Å²) in [6.45, 7) is 5.18. The zero-order chi connectivity index (χ0) is 22.7. The summed E-state index contributed by atoms with van der Waals surface area (Å²) in [5, 5.41) is 14.4. The molecule has 0 saturated heterocycles. The van der Waals surface area contributed by atoms with Crippen molar-refractivity contribution in [3.63, 3.8) is 0 Å². The lowest BCUT2D eigenvalue weighted by Crippen LogP contribution is -2.37. The van der Waals surface area contributed by atoms with Gasteiger partial charge in [-0.25, -0.2) is 9.78 Å². The van der Waals surface area contributed by atoms with Gasteiger partial charge >= 0.3 is 5.97 Å². The molecule has 2 heterocycles. The average molecular weight is 441 g/mol. The van der Waals surface area contributed by atoms with E-state index >= 15 is 0 Å². The average Bonchev–Trinajstić information content (AvgIpc) is 3.36. The number of aryl methyl sites for hydroxylation is 3. The number of carbonyl (C=O) groups is 1. The predicted octanol–water partition coefficient (Wildman–Crippen LogP) is 5.84. The maximum absolute atomic E-state index is 11.3. The van der Waals surface area contributed by atoms with Gasteiger partial charge < -0.3 is 18.8 Å². The molecule has 0 radical (unpaired) electrons. The molecule has 172 valence electrons. The molecular formula is C25H32N2O5. The number of hydrogen-bond donors (Lipinski definition) is 1. The number of hydrogen-bond acceptors (Lipinski definition) is 6. The van der Waals surface area contributed by atoms with Crippen LogP contribution in [0.2, 0.25) is 0 Å². The Balaban J connectivity index is 1.49. The summed E-state index contributed by atoms with van der Waals surface area (Å²) in [5.41, 5.74) is 1.14. The molecule has 1 saturated carbocycles. The molecule has 0 unspecified atom stereocenters. The van der Waals surface area contributed by atoms with Crippen molar-refractivity contribution < 1.29 is 23.6 Å². The molecule has 0 bridgehead atoms. The second kappa shape index (κ2) is 9.35. The number of fused-ring (bicyclic) bond motifs is 1. The smallest absolute Gasteiger partial charge is 0.347 e. The third-order valence-corrected chi connectivity index (χ3v) is 6.23. The third kappa shape index (κ3) is 4.81. The molecule has 7 nitrogen and oxygen atoms in total. The van der Waals surface area contributed by atoms with E-state index in [4.69, 9.17) is 18.7 Å². The molecule has 2 aromatic heterocycles. The number of benzene rings is 1. The zero-order valence-electron chi connectivity index (χ0n) is 19.1. The largest absolute Gasteiger partial charge is 0.478 e. The molecule has 0 spiro atoms. The molecule has 32 heavy (non-hydrogen) atoms. The van der Waals surface area contributed by atoms with Crippen LogP contribution in [0.3, 0.4) is 0 Å². The van der Waals surface area contributed by atoms with Crippen molar-refractivity contribution in [1.82, 2.24) is 10.1 Å². The number of rotatable bonds is 9. The van der Waals surface area contributed by atoms with Gasteiger partial charge in [-0.3, -0.25) is 0 Å². The molecule has 1 aliphatic carbocycles. The van der Waals surface area contributed by atoms with Gasteiger partial charge in [0.2, 0.25) is 0 Å². The van der Waals surface area contributed by atoms with Crippen LogP contribution in [0.4, 0.5) is 0 Å². The maximum atomic E-state index is 11.3. The van der Waals surface area contributed by atoms with Crippen molar-refractivity contribution in [2.45, 2.75) is 90.1 Å². The van der Waals surface area contributed by atoms with Crippen LogP contribution in [0.5, 0.6) is 5.75 Å². The van der Waals surface area contributed by atoms with Crippen LogP contribution in [-0.2, 0) is 24.1 Å². The lowest BCUT2D eigenvalue weighted by Gasteiger charge is -2.21. The SMILES string of the molecule is CCCc1oc(C2CCCCC2)nc1CCc1noc2cc(OC(C)(C)C(=O)O)ccc12. The number of oxazole rings is 1. The molecule has 3 aromatic rings. The van der Waals surface area contributed by atoms with E-state index in [1.807, 2.05) is 6.07 Å². The van der Waals surface area contributed by atoms with Crippen LogP contribution < -0.4 is 4.74 Å². The highest BCUT2D eigenvalue weighted by atomic mass is 16.5. The highest BCUT2D eigenvalue weighted by Gasteiger charge is 2.29. The van der Waals surface area contributed by atoms with Gasteiger partial charge in [-0.15, -0.1) is 0 Å². The Labute approximate surface area is 188 Å². The summed E-state index contributed by atoms with van der Waals surface area (Å²) < 4.78 is 17.3. The molecule has 0 amide bonds. The Bertz CT molecular complexity index is 1080. The number of aliphatic carboxylic acids is 1. The van der Waals surface area contributed by atoms with Gasteiger partial charge in [0.05, 0.1) is 11.4 Å². The van der Waals surface area contributed by atoms with Crippen molar-refractivity contribution >= 4 is 16.9 Å². The second-order valence-electron chi connectivity index (χ2n) is 9.21. The van der Waals surface area contributed by atoms with Crippen LogP contribution in [0.1, 0.15) is 88.3 Å². The quantitative estimate of drug-likeness (QED) is 0.446. The van der Waals surface area contributed by atoms with Gasteiger partial charge in [-0.2, -0.15) is 0 Å². The molecular weight excluding hydrogens is 408 g/mol. The Kier molecular flexibility index (Phi) is 6.53. The third-order valence-electron chi connectivity index (χ3n) is 6.23. The van der Waals surface area contributed by atoms with Crippen molar-refractivity contribution in [2.24, 2.45) is 0 Å². The van der Waals surface area contributed by atoms with Crippen LogP contribution in [0.25, 0.3) is 11.0 Å². The van der Waals surface area contributed by atoms with Crippen molar-refractivity contribution in [3.8, 4) is 5.75 Å². The first-order valence-electron chi connectivity index (χ1n) is 11.7. The summed E-state index contributed by atoms with van der Waals surface area (Å²) in [4.78, 5) is 16.2. The molecule has 1 aromatic carbocycles. The molecule has 1 N–H and O–H groups in total. The predicted molar refractivity (Wildman–Crippen MR) is 120 cm³/mol. The fourth-order valence-corrected chi connectivity index (χ4v) is 4.33. The van der Waals surface area contributed by atoms with E-state index in [2.05, 4.69) is 12.1 Å².